The van der Waals surface area contributed by atoms with Crippen molar-refractivity contribution in [2.24, 2.45) is 0 Å². The molecule has 0 saturated carbocycles. The molecule has 5 heteroatoms. The second-order valence-electron chi connectivity index (χ2n) is 3.68. The summed E-state index contributed by atoms with van der Waals surface area (Å²) in [5.74, 6) is 1.33. The van der Waals surface area contributed by atoms with E-state index in [2.05, 4.69) is 10.1 Å². The Morgan fingerprint density at radius 1 is 1.50 bits per heavy atom. The van der Waals surface area contributed by atoms with Gasteiger partial charge in [-0.25, -0.2) is 0 Å². The minimum atomic E-state index is -0.383. The summed E-state index contributed by atoms with van der Waals surface area (Å²) in [5.41, 5.74) is -0.383. The van der Waals surface area contributed by atoms with E-state index in [-0.39, 0.29) is 11.5 Å². The smallest absolute Gasteiger partial charge is 0.241 e. The Balaban J connectivity index is 2.19. The molecule has 14 heavy (non-hydrogen) atoms. The van der Waals surface area contributed by atoms with Gasteiger partial charge >= 0.3 is 0 Å². The number of nitrogens with zero attached hydrogens (tertiary/aromatic N) is 2. The topological polar surface area (TPSA) is 48.2 Å². The molecular formula is C9H13ClN2O2. The third kappa shape index (κ3) is 1.77. The summed E-state index contributed by atoms with van der Waals surface area (Å²) in [7, 11) is 0. The van der Waals surface area contributed by atoms with E-state index < -0.39 is 0 Å². The molecule has 4 nitrogen and oxygen atoms in total. The van der Waals surface area contributed by atoms with Crippen molar-refractivity contribution >= 4 is 11.6 Å². The van der Waals surface area contributed by atoms with Crippen molar-refractivity contribution in [3.63, 3.8) is 0 Å². The largest absolute Gasteiger partial charge is 0.367 e. The fourth-order valence-electron chi connectivity index (χ4n) is 1.63. The van der Waals surface area contributed by atoms with Gasteiger partial charge in [-0.3, -0.25) is 0 Å². The van der Waals surface area contributed by atoms with Crippen molar-refractivity contribution < 1.29 is 9.26 Å². The van der Waals surface area contributed by atoms with E-state index in [1.165, 1.54) is 0 Å². The van der Waals surface area contributed by atoms with E-state index in [0.29, 0.717) is 11.7 Å². The van der Waals surface area contributed by atoms with E-state index in [1.54, 1.807) is 0 Å². The van der Waals surface area contributed by atoms with Crippen LogP contribution < -0.4 is 0 Å². The zero-order chi connectivity index (χ0) is 10.0. The van der Waals surface area contributed by atoms with Crippen LogP contribution in [0.2, 0.25) is 0 Å². The first kappa shape index (κ1) is 9.93. The molecule has 1 aromatic rings. The van der Waals surface area contributed by atoms with Gasteiger partial charge in [0.1, 0.15) is 11.5 Å². The van der Waals surface area contributed by atoms with Crippen LogP contribution in [-0.2, 0) is 16.2 Å². The van der Waals surface area contributed by atoms with Gasteiger partial charge in [0.25, 0.3) is 0 Å². The highest BCUT2D eigenvalue weighted by Gasteiger charge is 2.34. The van der Waals surface area contributed by atoms with Gasteiger partial charge in [-0.1, -0.05) is 5.16 Å². The Morgan fingerprint density at radius 3 is 2.93 bits per heavy atom. The highest BCUT2D eigenvalue weighted by atomic mass is 35.5. The molecule has 0 N–H and O–H groups in total. The predicted molar refractivity (Wildman–Crippen MR) is 51.0 cm³/mol. The lowest BCUT2D eigenvalue weighted by Crippen LogP contribution is -2.31. The first-order valence-electron chi connectivity index (χ1n) is 4.77. The van der Waals surface area contributed by atoms with Crippen LogP contribution in [0.15, 0.2) is 4.52 Å². The minimum Gasteiger partial charge on any atom is -0.367 e. The molecule has 1 aromatic heterocycles. The van der Waals surface area contributed by atoms with Crippen molar-refractivity contribution in [3.05, 3.63) is 11.7 Å². The maximum atomic E-state index is 5.68. The van der Waals surface area contributed by atoms with Gasteiger partial charge in [-0.05, 0) is 26.2 Å². The molecule has 1 aliphatic heterocycles. The fraction of sp³-hybridized carbons (Fsp3) is 0.778. The normalized spacial score (nSPS) is 27.9. The summed E-state index contributed by atoms with van der Waals surface area (Å²) in [4.78, 5) is 4.19. The molecule has 1 unspecified atom stereocenters. The van der Waals surface area contributed by atoms with Gasteiger partial charge in [0.05, 0.1) is 0 Å². The summed E-state index contributed by atoms with van der Waals surface area (Å²) in [5, 5.41) is 3.89. The Labute approximate surface area is 87.6 Å². The Bertz CT molecular complexity index is 308. The molecule has 0 radical (unpaired) electrons. The summed E-state index contributed by atoms with van der Waals surface area (Å²) in [6, 6.07) is 0. The number of ether oxygens (including phenoxy) is 1. The van der Waals surface area contributed by atoms with Crippen molar-refractivity contribution in [2.45, 2.75) is 37.7 Å². The lowest BCUT2D eigenvalue weighted by molar-refractivity contribution is -0.0770. The molecule has 0 aromatic carbocycles. The van der Waals surface area contributed by atoms with E-state index in [0.717, 1.165) is 25.9 Å². The Kier molecular flexibility index (Phi) is 2.74. The summed E-state index contributed by atoms with van der Waals surface area (Å²) >= 11 is 5.59. The van der Waals surface area contributed by atoms with Crippen molar-refractivity contribution in [1.82, 2.24) is 10.1 Å². The summed E-state index contributed by atoms with van der Waals surface area (Å²) in [6.07, 6.45) is 3.19. The summed E-state index contributed by atoms with van der Waals surface area (Å²) < 4.78 is 10.6. The van der Waals surface area contributed by atoms with Crippen LogP contribution in [0.5, 0.6) is 0 Å². The maximum Gasteiger partial charge on any atom is 0.241 e. The average molecular weight is 217 g/mol. The van der Waals surface area contributed by atoms with Crippen LogP contribution in [0.25, 0.3) is 0 Å². The zero-order valence-corrected chi connectivity index (χ0v) is 8.88. The van der Waals surface area contributed by atoms with Crippen LogP contribution in [0.4, 0.5) is 0 Å². The molecule has 2 rings (SSSR count). The number of hydrogen-bond acceptors (Lipinski definition) is 4. The van der Waals surface area contributed by atoms with Gasteiger partial charge in [-0.2, -0.15) is 4.98 Å². The molecule has 0 spiro atoms. The molecule has 0 bridgehead atoms. The van der Waals surface area contributed by atoms with Gasteiger partial charge in [0.2, 0.25) is 11.7 Å². The van der Waals surface area contributed by atoms with Crippen LogP contribution >= 0.6 is 11.6 Å². The average Bonchev–Trinajstić information content (AvgIpc) is 2.67. The highest BCUT2D eigenvalue weighted by Crippen LogP contribution is 2.32. The summed E-state index contributed by atoms with van der Waals surface area (Å²) in [6.45, 7) is 2.76. The van der Waals surface area contributed by atoms with E-state index >= 15 is 0 Å². The Hall–Kier alpha value is -0.610. The molecule has 1 saturated heterocycles. The molecule has 1 atom stereocenters. The zero-order valence-electron chi connectivity index (χ0n) is 8.12. The predicted octanol–water partition coefficient (Wildman–Crippen LogP) is 2.22. The Morgan fingerprint density at radius 2 is 2.36 bits per heavy atom. The first-order chi connectivity index (χ1) is 6.74. The van der Waals surface area contributed by atoms with Crippen LogP contribution in [0.3, 0.4) is 0 Å². The number of alkyl halides is 1. The second kappa shape index (κ2) is 3.87. The monoisotopic (exact) mass is 216 g/mol. The molecule has 2 heterocycles. The second-order valence-corrected chi connectivity index (χ2v) is 3.95. The number of halogens is 1. The number of hydrogen-bond donors (Lipinski definition) is 0. The lowest BCUT2D eigenvalue weighted by Gasteiger charge is -2.30. The number of rotatable bonds is 2. The maximum absolute atomic E-state index is 5.68. The lowest BCUT2D eigenvalue weighted by atomic mass is 9.95. The molecule has 1 aliphatic rings. The molecule has 1 fully saturated rings. The molecule has 0 aliphatic carbocycles. The fourth-order valence-corrected chi connectivity index (χ4v) is 1.74. The van der Waals surface area contributed by atoms with Gasteiger partial charge in [-0.15, -0.1) is 11.6 Å². The highest BCUT2D eigenvalue weighted by molar-refractivity contribution is 6.16. The van der Waals surface area contributed by atoms with Crippen molar-refractivity contribution in [1.29, 1.82) is 0 Å². The number of aromatic nitrogens is 2. The minimum absolute atomic E-state index is 0.253. The van der Waals surface area contributed by atoms with E-state index in [4.69, 9.17) is 20.9 Å². The van der Waals surface area contributed by atoms with Crippen molar-refractivity contribution in [2.75, 3.05) is 6.61 Å². The van der Waals surface area contributed by atoms with Crippen molar-refractivity contribution in [3.8, 4) is 0 Å². The molecular weight excluding hydrogens is 204 g/mol. The van der Waals surface area contributed by atoms with Crippen LogP contribution in [0, 0.1) is 0 Å². The molecule has 0 amide bonds. The third-order valence-corrected chi connectivity index (χ3v) is 2.75. The molecule has 78 valence electrons. The van der Waals surface area contributed by atoms with E-state index in [1.807, 2.05) is 6.92 Å². The third-order valence-electron chi connectivity index (χ3n) is 2.52. The van der Waals surface area contributed by atoms with E-state index in [9.17, 15) is 0 Å². The quantitative estimate of drug-likeness (QED) is 0.712. The first-order valence-corrected chi connectivity index (χ1v) is 5.31. The van der Waals surface area contributed by atoms with Gasteiger partial charge in [0, 0.05) is 6.61 Å². The SMILES string of the molecule is CC1(c2noc(CCl)n2)CCCCO1. The standard InChI is InChI=1S/C9H13ClN2O2/c1-9(4-2-3-5-13-9)8-11-7(6-10)14-12-8/h2-6H2,1H3. The van der Waals surface area contributed by atoms with Gasteiger partial charge in [0.15, 0.2) is 0 Å². The van der Waals surface area contributed by atoms with Gasteiger partial charge < -0.3 is 9.26 Å². The van der Waals surface area contributed by atoms with Crippen LogP contribution in [-0.4, -0.2) is 16.7 Å². The van der Waals surface area contributed by atoms with Crippen LogP contribution in [0.1, 0.15) is 37.9 Å².